The van der Waals surface area contributed by atoms with E-state index in [0.717, 1.165) is 0 Å². The zero-order chi connectivity index (χ0) is 35.3. The summed E-state index contributed by atoms with van der Waals surface area (Å²) in [5, 5.41) is 11.9. The molecule has 3 aromatic carbocycles. The number of carbonyl (C=O) groups is 2. The van der Waals surface area contributed by atoms with Crippen LogP contribution in [0.25, 0.3) is 0 Å². The number of hydroxylamine groups is 1. The third kappa shape index (κ3) is 9.25. The molecule has 0 unspecified atom stereocenters. The second kappa shape index (κ2) is 14.9. The van der Waals surface area contributed by atoms with Crippen LogP contribution in [0, 0.1) is 11.7 Å². The largest absolute Gasteiger partial charge is 0.445 e. The Hall–Kier alpha value is -4.17. The monoisotopic (exact) mass is 684 g/mol. The molecule has 0 spiro atoms. The molecule has 48 heavy (non-hydrogen) atoms. The fourth-order valence-corrected chi connectivity index (χ4v) is 6.06. The number of amides is 2. The third-order valence-corrected chi connectivity index (χ3v) is 8.65. The zero-order valence-electron chi connectivity index (χ0n) is 26.0. The van der Waals surface area contributed by atoms with Crippen LogP contribution in [0.2, 0.25) is 0 Å². The quantitative estimate of drug-likeness (QED) is 0.107. The van der Waals surface area contributed by atoms with Gasteiger partial charge in [-0.05, 0) is 92.5 Å². The Bertz CT molecular complexity index is 1520. The molecule has 0 aromatic heterocycles. The number of carbonyl (C=O) groups excluding carboxylic acids is 2. The van der Waals surface area contributed by atoms with Gasteiger partial charge >= 0.3 is 18.4 Å². The van der Waals surface area contributed by atoms with Crippen molar-refractivity contribution in [2.45, 2.75) is 82.2 Å². The summed E-state index contributed by atoms with van der Waals surface area (Å²) >= 11 is 0. The summed E-state index contributed by atoms with van der Waals surface area (Å²) in [5.74, 6) is -2.23. The molecule has 0 heterocycles. The molecule has 0 radical (unpaired) electrons. The van der Waals surface area contributed by atoms with Crippen LogP contribution >= 0.6 is 0 Å². The lowest BCUT2D eigenvalue weighted by Gasteiger charge is -2.32. The lowest BCUT2D eigenvalue weighted by Crippen LogP contribution is -2.56. The highest BCUT2D eigenvalue weighted by molar-refractivity contribution is 5.88. The van der Waals surface area contributed by atoms with E-state index in [2.05, 4.69) is 5.32 Å². The summed E-state index contributed by atoms with van der Waals surface area (Å²) in [6.07, 6.45) is -11.8. The lowest BCUT2D eigenvalue weighted by atomic mass is 9.81. The fourth-order valence-electron chi connectivity index (χ4n) is 6.06. The third-order valence-electron chi connectivity index (χ3n) is 8.65. The molecule has 1 saturated carbocycles. The number of hydrogen-bond acceptors (Lipinski definition) is 5. The number of nitrogens with one attached hydrogen (secondary N) is 2. The summed E-state index contributed by atoms with van der Waals surface area (Å²) in [6.45, 7) is 2.68. The van der Waals surface area contributed by atoms with Gasteiger partial charge in [0.15, 0.2) is 0 Å². The molecule has 3 aromatic rings. The Labute approximate surface area is 272 Å². The van der Waals surface area contributed by atoms with Gasteiger partial charge in [-0.15, -0.1) is 0 Å². The first-order valence-corrected chi connectivity index (χ1v) is 15.1. The van der Waals surface area contributed by atoms with Crippen molar-refractivity contribution in [3.8, 4) is 0 Å². The first-order valence-electron chi connectivity index (χ1n) is 15.1. The van der Waals surface area contributed by atoms with Gasteiger partial charge in [-0.3, -0.25) is 10.0 Å². The van der Waals surface area contributed by atoms with Crippen molar-refractivity contribution in [3.05, 3.63) is 106 Å². The van der Waals surface area contributed by atoms with Crippen LogP contribution in [0.4, 0.5) is 35.5 Å². The standard InChI is InChI=1S/C34H35F7N2O5/c1-20(24-16-25(33(36,37)38)18-26(17-24)34(39,40)41)48-28-13-10-23(29(28)22-8-11-27(35)12-9-22)14-15-32(2,30(44)43-46)42-31(45)47-19-21-6-4-3-5-7-21/h3-9,11-12,16-18,20,23,28-29,46H,10,13-15,19H2,1-2H3,(H,42,45)(H,43,44)/t20-,23+,28+,29+,32-/m1/s1. The Morgan fingerprint density at radius 3 is 2.08 bits per heavy atom. The Morgan fingerprint density at radius 2 is 1.52 bits per heavy atom. The molecule has 4 rings (SSSR count). The first kappa shape index (κ1) is 36.7. The molecule has 1 aliphatic carbocycles. The smallest absolute Gasteiger partial charge is 0.416 e. The van der Waals surface area contributed by atoms with Crippen molar-refractivity contribution in [2.75, 3.05) is 0 Å². The summed E-state index contributed by atoms with van der Waals surface area (Å²) in [4.78, 5) is 25.4. The summed E-state index contributed by atoms with van der Waals surface area (Å²) in [7, 11) is 0. The van der Waals surface area contributed by atoms with E-state index in [1.807, 2.05) is 0 Å². The second-order valence-electron chi connectivity index (χ2n) is 12.1. The molecule has 0 saturated heterocycles. The van der Waals surface area contributed by atoms with Gasteiger partial charge in [0.1, 0.15) is 18.0 Å². The van der Waals surface area contributed by atoms with Crippen molar-refractivity contribution >= 4 is 12.0 Å². The number of rotatable bonds is 11. The molecular formula is C34H35F7N2O5. The molecule has 260 valence electrons. The molecule has 1 fully saturated rings. The van der Waals surface area contributed by atoms with E-state index in [9.17, 15) is 45.5 Å². The van der Waals surface area contributed by atoms with Crippen molar-refractivity contribution in [3.63, 3.8) is 0 Å². The number of ether oxygens (including phenoxy) is 2. The van der Waals surface area contributed by atoms with E-state index in [1.165, 1.54) is 38.1 Å². The molecule has 2 amide bonds. The molecule has 7 nitrogen and oxygen atoms in total. The predicted octanol–water partition coefficient (Wildman–Crippen LogP) is 8.47. The van der Waals surface area contributed by atoms with Crippen LogP contribution < -0.4 is 10.8 Å². The van der Waals surface area contributed by atoms with E-state index in [4.69, 9.17) is 9.47 Å². The van der Waals surface area contributed by atoms with E-state index in [1.54, 1.807) is 35.8 Å². The Balaban J connectivity index is 1.54. The summed E-state index contributed by atoms with van der Waals surface area (Å²) in [5.41, 5.74) is -2.01. The van der Waals surface area contributed by atoms with Crippen molar-refractivity contribution in [1.82, 2.24) is 10.8 Å². The van der Waals surface area contributed by atoms with Gasteiger partial charge in [-0.2, -0.15) is 26.3 Å². The average molecular weight is 685 g/mol. The van der Waals surface area contributed by atoms with Crippen LogP contribution in [-0.4, -0.2) is 28.9 Å². The highest BCUT2D eigenvalue weighted by Gasteiger charge is 2.43. The SMILES string of the molecule is C[C@@H](O[C@H]1CC[C@@H](CC[C@@](C)(NC(=O)OCc2ccccc2)C(=O)NO)[C@@H]1c1ccc(F)cc1)c1cc(C(F)(F)F)cc(C(F)(F)F)c1. The second-order valence-corrected chi connectivity index (χ2v) is 12.1. The van der Waals surface area contributed by atoms with Crippen LogP contribution in [-0.2, 0) is 33.2 Å². The maximum atomic E-state index is 13.9. The molecule has 5 atom stereocenters. The van der Waals surface area contributed by atoms with E-state index < -0.39 is 65.0 Å². The number of hydrogen-bond donors (Lipinski definition) is 3. The van der Waals surface area contributed by atoms with Crippen LogP contribution in [0.15, 0.2) is 72.8 Å². The molecule has 3 N–H and O–H groups in total. The predicted molar refractivity (Wildman–Crippen MR) is 159 cm³/mol. The highest BCUT2D eigenvalue weighted by atomic mass is 19.4. The molecular weight excluding hydrogens is 649 g/mol. The molecule has 14 heteroatoms. The number of alkyl halides is 6. The van der Waals surface area contributed by atoms with Gasteiger partial charge < -0.3 is 14.8 Å². The molecule has 1 aliphatic rings. The average Bonchev–Trinajstić information content (AvgIpc) is 3.44. The fraction of sp³-hybridized carbons (Fsp3) is 0.412. The maximum absolute atomic E-state index is 13.9. The van der Waals surface area contributed by atoms with Crippen LogP contribution in [0.5, 0.6) is 0 Å². The Kier molecular flexibility index (Phi) is 11.4. The zero-order valence-corrected chi connectivity index (χ0v) is 26.0. The van der Waals surface area contributed by atoms with Gasteiger partial charge in [0.05, 0.1) is 23.3 Å². The highest BCUT2D eigenvalue weighted by Crippen LogP contribution is 2.47. The van der Waals surface area contributed by atoms with Gasteiger partial charge in [-0.25, -0.2) is 14.7 Å². The maximum Gasteiger partial charge on any atom is 0.416 e. The summed E-state index contributed by atoms with van der Waals surface area (Å²) in [6, 6.07) is 15.6. The van der Waals surface area contributed by atoms with Crippen LogP contribution in [0.3, 0.4) is 0 Å². The van der Waals surface area contributed by atoms with E-state index in [-0.39, 0.29) is 37.0 Å². The molecule has 0 aliphatic heterocycles. The lowest BCUT2D eigenvalue weighted by molar-refractivity contribution is -0.143. The number of benzene rings is 3. The van der Waals surface area contributed by atoms with Crippen molar-refractivity contribution in [2.24, 2.45) is 5.92 Å². The van der Waals surface area contributed by atoms with E-state index in [0.29, 0.717) is 36.1 Å². The minimum absolute atomic E-state index is 0.00691. The first-order chi connectivity index (χ1) is 22.5. The number of alkyl carbamates (subject to hydrolysis) is 1. The van der Waals surface area contributed by atoms with Crippen molar-refractivity contribution < 1.29 is 55.0 Å². The minimum Gasteiger partial charge on any atom is -0.445 e. The van der Waals surface area contributed by atoms with Gasteiger partial charge in [0.2, 0.25) is 0 Å². The summed E-state index contributed by atoms with van der Waals surface area (Å²) < 4.78 is 106. The number of halogens is 7. The molecule has 0 bridgehead atoms. The van der Waals surface area contributed by atoms with E-state index >= 15 is 0 Å². The van der Waals surface area contributed by atoms with Gasteiger partial charge in [0.25, 0.3) is 5.91 Å². The Morgan fingerprint density at radius 1 is 0.917 bits per heavy atom. The topological polar surface area (TPSA) is 96.9 Å². The van der Waals surface area contributed by atoms with Crippen LogP contribution in [0.1, 0.15) is 79.4 Å². The van der Waals surface area contributed by atoms with Gasteiger partial charge in [-0.1, -0.05) is 42.5 Å². The normalized spacial score (nSPS) is 20.1. The minimum atomic E-state index is -5.03. The van der Waals surface area contributed by atoms with Gasteiger partial charge in [0, 0.05) is 5.92 Å². The van der Waals surface area contributed by atoms with Crippen molar-refractivity contribution in [1.29, 1.82) is 0 Å².